The fraction of sp³-hybridized carbons (Fsp3) is 0.500. The van der Waals surface area contributed by atoms with Crippen LogP contribution in [0.1, 0.15) is 19.8 Å². The molecule has 1 heterocycles. The van der Waals surface area contributed by atoms with Gasteiger partial charge >= 0.3 is 0 Å². The minimum Gasteiger partial charge on any atom is -0.492 e. The molecule has 1 atom stereocenters. The van der Waals surface area contributed by atoms with Crippen LogP contribution in [0.5, 0.6) is 5.75 Å². The molecule has 1 amide bonds. The molecule has 98 valence electrons. The monoisotopic (exact) mass is 248 g/mol. The number of ether oxygens (including phenoxy) is 1. The second kappa shape index (κ2) is 5.76. The number of hydrogen-bond acceptors (Lipinski definition) is 3. The maximum absolute atomic E-state index is 11.9. The van der Waals surface area contributed by atoms with Gasteiger partial charge in [-0.05, 0) is 37.1 Å². The summed E-state index contributed by atoms with van der Waals surface area (Å²) in [5.41, 5.74) is 6.32. The Morgan fingerprint density at radius 2 is 2.11 bits per heavy atom. The van der Waals surface area contributed by atoms with Crippen LogP contribution < -0.4 is 10.5 Å². The molecule has 1 aliphatic heterocycles. The Morgan fingerprint density at radius 1 is 1.39 bits per heavy atom. The molecule has 1 aliphatic rings. The fourth-order valence-corrected chi connectivity index (χ4v) is 2.19. The zero-order valence-electron chi connectivity index (χ0n) is 10.8. The maximum Gasteiger partial charge on any atom is 0.225 e. The normalized spacial score (nSPS) is 19.9. The first-order valence-corrected chi connectivity index (χ1v) is 6.44. The van der Waals surface area contributed by atoms with Crippen LogP contribution >= 0.6 is 0 Å². The quantitative estimate of drug-likeness (QED) is 0.828. The van der Waals surface area contributed by atoms with E-state index in [0.29, 0.717) is 13.2 Å². The van der Waals surface area contributed by atoms with E-state index >= 15 is 0 Å². The highest BCUT2D eigenvalue weighted by Crippen LogP contribution is 2.17. The van der Waals surface area contributed by atoms with Crippen LogP contribution in [0.25, 0.3) is 0 Å². The van der Waals surface area contributed by atoms with E-state index in [1.807, 2.05) is 36.1 Å². The highest BCUT2D eigenvalue weighted by atomic mass is 16.5. The number of rotatable bonds is 4. The Bertz CT molecular complexity index is 403. The molecule has 0 aliphatic carbocycles. The van der Waals surface area contributed by atoms with Crippen molar-refractivity contribution in [2.45, 2.75) is 19.8 Å². The third kappa shape index (κ3) is 3.15. The number of benzene rings is 1. The first-order chi connectivity index (χ1) is 8.66. The van der Waals surface area contributed by atoms with Crippen LogP contribution in [0, 0.1) is 5.92 Å². The molecule has 2 N–H and O–H groups in total. The molecule has 1 aromatic rings. The van der Waals surface area contributed by atoms with Crippen molar-refractivity contribution < 1.29 is 9.53 Å². The van der Waals surface area contributed by atoms with Crippen molar-refractivity contribution in [3.8, 4) is 5.75 Å². The van der Waals surface area contributed by atoms with E-state index in [4.69, 9.17) is 10.5 Å². The largest absolute Gasteiger partial charge is 0.492 e. The van der Waals surface area contributed by atoms with Gasteiger partial charge in [0.15, 0.2) is 0 Å². The number of anilines is 1. The molecule has 0 aromatic heterocycles. The molecule has 4 heteroatoms. The summed E-state index contributed by atoms with van der Waals surface area (Å²) >= 11 is 0. The van der Waals surface area contributed by atoms with Crippen LogP contribution in [0.2, 0.25) is 0 Å². The van der Waals surface area contributed by atoms with Crippen molar-refractivity contribution in [3.63, 3.8) is 0 Å². The molecule has 0 spiro atoms. The lowest BCUT2D eigenvalue weighted by atomic mass is 9.99. The number of hydrogen-bond donors (Lipinski definition) is 1. The molecule has 1 unspecified atom stereocenters. The Hall–Kier alpha value is -1.71. The Morgan fingerprint density at radius 3 is 2.83 bits per heavy atom. The van der Waals surface area contributed by atoms with E-state index in [-0.39, 0.29) is 11.8 Å². The number of nitrogens with zero attached hydrogens (tertiary/aromatic N) is 1. The van der Waals surface area contributed by atoms with Crippen LogP contribution in [0.15, 0.2) is 24.3 Å². The lowest BCUT2D eigenvalue weighted by Gasteiger charge is -2.30. The van der Waals surface area contributed by atoms with Gasteiger partial charge < -0.3 is 15.4 Å². The molecule has 1 aromatic carbocycles. The fourth-order valence-electron chi connectivity index (χ4n) is 2.19. The minimum atomic E-state index is 0.162. The van der Waals surface area contributed by atoms with Gasteiger partial charge in [0.25, 0.3) is 0 Å². The second-order valence-electron chi connectivity index (χ2n) is 4.79. The van der Waals surface area contributed by atoms with Gasteiger partial charge in [-0.15, -0.1) is 0 Å². The van der Waals surface area contributed by atoms with Crippen molar-refractivity contribution in [1.82, 2.24) is 4.90 Å². The number of carbonyl (C=O) groups excluding carboxylic acids is 1. The van der Waals surface area contributed by atoms with Crippen molar-refractivity contribution in [1.29, 1.82) is 0 Å². The predicted octanol–water partition coefficient (Wildman–Crippen LogP) is 1.91. The van der Waals surface area contributed by atoms with E-state index in [2.05, 4.69) is 0 Å². The maximum atomic E-state index is 11.9. The number of amides is 1. The smallest absolute Gasteiger partial charge is 0.225 e. The first-order valence-electron chi connectivity index (χ1n) is 6.44. The summed E-state index contributed by atoms with van der Waals surface area (Å²) in [5.74, 6) is 1.21. The molecule has 18 heavy (non-hydrogen) atoms. The third-order valence-electron chi connectivity index (χ3n) is 3.31. The van der Waals surface area contributed by atoms with Gasteiger partial charge in [0.05, 0.1) is 6.54 Å². The highest BCUT2D eigenvalue weighted by Gasteiger charge is 2.24. The topological polar surface area (TPSA) is 55.6 Å². The Kier molecular flexibility index (Phi) is 4.07. The van der Waals surface area contributed by atoms with Crippen LogP contribution in [0.4, 0.5) is 5.69 Å². The van der Waals surface area contributed by atoms with E-state index in [9.17, 15) is 4.79 Å². The van der Waals surface area contributed by atoms with Gasteiger partial charge in [0.1, 0.15) is 12.4 Å². The molecule has 0 bridgehead atoms. The van der Waals surface area contributed by atoms with E-state index < -0.39 is 0 Å². The van der Waals surface area contributed by atoms with Crippen molar-refractivity contribution in [2.75, 3.05) is 25.4 Å². The highest BCUT2D eigenvalue weighted by molar-refractivity contribution is 5.79. The molecule has 4 nitrogen and oxygen atoms in total. The Labute approximate surface area is 108 Å². The average molecular weight is 248 g/mol. The van der Waals surface area contributed by atoms with Gasteiger partial charge in [-0.1, -0.05) is 6.92 Å². The molecular weight excluding hydrogens is 228 g/mol. The predicted molar refractivity (Wildman–Crippen MR) is 71.3 cm³/mol. The number of likely N-dealkylation sites (tertiary alicyclic amines) is 1. The van der Waals surface area contributed by atoms with Gasteiger partial charge in [0.2, 0.25) is 5.91 Å². The van der Waals surface area contributed by atoms with Crippen molar-refractivity contribution in [3.05, 3.63) is 24.3 Å². The first kappa shape index (κ1) is 12.7. The van der Waals surface area contributed by atoms with E-state index in [1.165, 1.54) is 0 Å². The minimum absolute atomic E-state index is 0.162. The summed E-state index contributed by atoms with van der Waals surface area (Å²) in [6.07, 6.45) is 2.10. The summed E-state index contributed by atoms with van der Waals surface area (Å²) in [7, 11) is 0. The molecule has 2 rings (SSSR count). The Balaban J connectivity index is 1.78. The zero-order chi connectivity index (χ0) is 13.0. The summed E-state index contributed by atoms with van der Waals surface area (Å²) in [6, 6.07) is 7.30. The lowest BCUT2D eigenvalue weighted by molar-refractivity contribution is -0.138. The average Bonchev–Trinajstić information content (AvgIpc) is 2.37. The molecule has 1 fully saturated rings. The van der Waals surface area contributed by atoms with Crippen molar-refractivity contribution in [2.24, 2.45) is 5.92 Å². The number of nitrogens with two attached hydrogens (primary N) is 1. The third-order valence-corrected chi connectivity index (χ3v) is 3.31. The van der Waals surface area contributed by atoms with Crippen LogP contribution in [-0.2, 0) is 4.79 Å². The molecular formula is C14H20N2O2. The van der Waals surface area contributed by atoms with Crippen LogP contribution in [0.3, 0.4) is 0 Å². The molecule has 0 saturated carbocycles. The van der Waals surface area contributed by atoms with Gasteiger partial charge in [-0.25, -0.2) is 0 Å². The summed E-state index contributed by atoms with van der Waals surface area (Å²) in [4.78, 5) is 13.8. The van der Waals surface area contributed by atoms with Crippen molar-refractivity contribution >= 4 is 11.6 Å². The number of piperidine rings is 1. The van der Waals surface area contributed by atoms with Gasteiger partial charge in [-0.3, -0.25) is 4.79 Å². The standard InChI is InChI=1S/C14H20N2O2/c1-11-3-2-8-16(14(11)17)9-10-18-13-6-4-12(15)5-7-13/h4-7,11H,2-3,8-10,15H2,1H3. The van der Waals surface area contributed by atoms with Gasteiger partial charge in [-0.2, -0.15) is 0 Å². The molecule has 0 radical (unpaired) electrons. The van der Waals surface area contributed by atoms with E-state index in [0.717, 1.165) is 30.8 Å². The molecule has 1 saturated heterocycles. The van der Waals surface area contributed by atoms with E-state index in [1.54, 1.807) is 0 Å². The summed E-state index contributed by atoms with van der Waals surface area (Å²) < 4.78 is 5.60. The SMILES string of the molecule is CC1CCCN(CCOc2ccc(N)cc2)C1=O. The number of nitrogen functional groups attached to an aromatic ring is 1. The summed E-state index contributed by atoms with van der Waals surface area (Å²) in [5, 5.41) is 0. The zero-order valence-corrected chi connectivity index (χ0v) is 10.8. The van der Waals surface area contributed by atoms with Crippen LogP contribution in [-0.4, -0.2) is 30.5 Å². The lowest BCUT2D eigenvalue weighted by Crippen LogP contribution is -2.42. The summed E-state index contributed by atoms with van der Waals surface area (Å²) in [6.45, 7) is 4.04. The number of carbonyl (C=O) groups is 1. The van der Waals surface area contributed by atoms with Gasteiger partial charge in [0, 0.05) is 18.2 Å². The second-order valence-corrected chi connectivity index (χ2v) is 4.79.